The number of thiazole rings is 1. The van der Waals surface area contributed by atoms with Crippen LogP contribution in [-0.2, 0) is 19.6 Å². The molecule has 1 heterocycles. The first kappa shape index (κ1) is 20.5. The predicted molar refractivity (Wildman–Crippen MR) is 96.3 cm³/mol. The van der Waals surface area contributed by atoms with Gasteiger partial charge in [-0.1, -0.05) is 18.2 Å². The smallest absolute Gasteiger partial charge is 0.356 e. The van der Waals surface area contributed by atoms with Gasteiger partial charge in [0.05, 0.1) is 11.5 Å². The van der Waals surface area contributed by atoms with E-state index in [0.29, 0.717) is 4.41 Å². The number of aromatic nitrogens is 1. The van der Waals surface area contributed by atoms with Crippen molar-refractivity contribution in [3.05, 3.63) is 46.2 Å². The van der Waals surface area contributed by atoms with Crippen LogP contribution in [0.25, 0.3) is 0 Å². The van der Waals surface area contributed by atoms with Gasteiger partial charge >= 0.3 is 5.97 Å². The second-order valence-electron chi connectivity index (χ2n) is 5.16. The zero-order valence-corrected chi connectivity index (χ0v) is 16.4. The standard InChI is InChI=1S/C16H17N3O6S2/c1-4-25-15(22)14-10-26-16(18(14)11(2)20)17-19(12(3)21)27(23,24)13-8-6-5-7-9-13/h5-10H,4H2,1-3H3/b17-16+. The number of hydrogen-bond acceptors (Lipinski definition) is 8. The van der Waals surface area contributed by atoms with Gasteiger partial charge in [0.25, 0.3) is 15.9 Å². The Morgan fingerprint density at radius 2 is 1.81 bits per heavy atom. The fourth-order valence-electron chi connectivity index (χ4n) is 2.10. The van der Waals surface area contributed by atoms with E-state index in [4.69, 9.17) is 4.74 Å². The minimum atomic E-state index is -4.28. The van der Waals surface area contributed by atoms with Crippen LogP contribution in [-0.4, -0.2) is 41.8 Å². The number of benzene rings is 1. The molecule has 0 atom stereocenters. The number of ether oxygens (including phenoxy) is 1. The third-order valence-corrected chi connectivity index (χ3v) is 5.70. The number of nitrogens with zero attached hydrogens (tertiary/aromatic N) is 3. The maximum Gasteiger partial charge on any atom is 0.356 e. The van der Waals surface area contributed by atoms with Crippen molar-refractivity contribution in [1.82, 2.24) is 8.98 Å². The van der Waals surface area contributed by atoms with Crippen molar-refractivity contribution in [2.45, 2.75) is 25.7 Å². The molecular formula is C16H17N3O6S2. The Kier molecular flexibility index (Phi) is 6.28. The van der Waals surface area contributed by atoms with Crippen LogP contribution in [0.4, 0.5) is 0 Å². The molecule has 144 valence electrons. The highest BCUT2D eigenvalue weighted by Gasteiger charge is 2.28. The topological polar surface area (TPSA) is 115 Å². The van der Waals surface area contributed by atoms with Crippen molar-refractivity contribution >= 4 is 39.1 Å². The van der Waals surface area contributed by atoms with E-state index < -0.39 is 27.8 Å². The summed E-state index contributed by atoms with van der Waals surface area (Å²) in [6.45, 7) is 3.92. The third kappa shape index (κ3) is 4.31. The Hall–Kier alpha value is -2.79. The maximum atomic E-state index is 12.7. The third-order valence-electron chi connectivity index (χ3n) is 3.22. The van der Waals surface area contributed by atoms with Gasteiger partial charge in [-0.3, -0.25) is 9.59 Å². The fraction of sp³-hybridized carbons (Fsp3) is 0.250. The Morgan fingerprint density at radius 1 is 1.19 bits per heavy atom. The largest absolute Gasteiger partial charge is 0.461 e. The Labute approximate surface area is 159 Å². The van der Waals surface area contributed by atoms with Gasteiger partial charge in [0.2, 0.25) is 10.7 Å². The van der Waals surface area contributed by atoms with Crippen molar-refractivity contribution in [2.24, 2.45) is 5.10 Å². The molecule has 1 amide bonds. The number of sulfonamides is 1. The van der Waals surface area contributed by atoms with Crippen LogP contribution in [0.15, 0.2) is 45.7 Å². The molecule has 0 saturated heterocycles. The van der Waals surface area contributed by atoms with Crippen LogP contribution in [0, 0.1) is 0 Å². The molecule has 0 aliphatic rings. The molecule has 2 rings (SSSR count). The summed E-state index contributed by atoms with van der Waals surface area (Å²) >= 11 is 0.832. The SMILES string of the molecule is CCOC(=O)c1cs/c(=N/N(C(C)=O)S(=O)(=O)c2ccccc2)n1C(C)=O. The lowest BCUT2D eigenvalue weighted by atomic mass is 10.4. The van der Waals surface area contributed by atoms with Crippen LogP contribution in [0.5, 0.6) is 0 Å². The first-order valence-corrected chi connectivity index (χ1v) is 10.1. The molecule has 11 heteroatoms. The summed E-state index contributed by atoms with van der Waals surface area (Å²) in [5.74, 6) is -2.22. The van der Waals surface area contributed by atoms with E-state index in [9.17, 15) is 22.8 Å². The highest BCUT2D eigenvalue weighted by atomic mass is 32.2. The summed E-state index contributed by atoms with van der Waals surface area (Å²) in [5.41, 5.74) is -0.103. The average molecular weight is 411 g/mol. The lowest BCUT2D eigenvalue weighted by Crippen LogP contribution is -2.35. The molecule has 0 spiro atoms. The number of carbonyl (C=O) groups is 3. The van der Waals surface area contributed by atoms with E-state index in [1.165, 1.54) is 36.6 Å². The van der Waals surface area contributed by atoms with E-state index in [1.807, 2.05) is 0 Å². The molecule has 1 aromatic carbocycles. The molecule has 0 radical (unpaired) electrons. The Morgan fingerprint density at radius 3 is 2.33 bits per heavy atom. The molecule has 0 aliphatic carbocycles. The van der Waals surface area contributed by atoms with Crippen molar-refractivity contribution < 1.29 is 27.5 Å². The molecule has 0 aliphatic heterocycles. The van der Waals surface area contributed by atoms with Gasteiger partial charge < -0.3 is 4.74 Å². The molecular weight excluding hydrogens is 394 g/mol. The Bertz CT molecular complexity index is 1040. The first-order valence-electron chi connectivity index (χ1n) is 7.74. The van der Waals surface area contributed by atoms with Gasteiger partial charge in [-0.2, -0.15) is 8.42 Å². The minimum absolute atomic E-state index is 0.0982. The molecule has 0 unspecified atom stereocenters. The predicted octanol–water partition coefficient (Wildman–Crippen LogP) is 1.44. The van der Waals surface area contributed by atoms with Crippen molar-refractivity contribution in [3.8, 4) is 0 Å². The van der Waals surface area contributed by atoms with Crippen LogP contribution in [0.2, 0.25) is 0 Å². The van der Waals surface area contributed by atoms with Gasteiger partial charge in [-0.05, 0) is 19.1 Å². The number of amides is 1. The minimum Gasteiger partial charge on any atom is -0.461 e. The zero-order chi connectivity index (χ0) is 20.2. The summed E-state index contributed by atoms with van der Waals surface area (Å²) in [7, 11) is -4.28. The van der Waals surface area contributed by atoms with E-state index in [-0.39, 0.29) is 22.0 Å². The van der Waals surface area contributed by atoms with Crippen LogP contribution < -0.4 is 4.80 Å². The van der Waals surface area contributed by atoms with E-state index >= 15 is 0 Å². The van der Waals surface area contributed by atoms with Gasteiger partial charge in [-0.15, -0.1) is 20.9 Å². The van der Waals surface area contributed by atoms with E-state index in [1.54, 1.807) is 13.0 Å². The molecule has 0 saturated carbocycles. The molecule has 2 aromatic rings. The highest BCUT2D eigenvalue weighted by Crippen LogP contribution is 2.16. The van der Waals surface area contributed by atoms with Gasteiger partial charge in [0, 0.05) is 19.2 Å². The molecule has 27 heavy (non-hydrogen) atoms. The molecule has 9 nitrogen and oxygen atoms in total. The second kappa shape index (κ2) is 8.27. The van der Waals surface area contributed by atoms with Crippen molar-refractivity contribution in [3.63, 3.8) is 0 Å². The number of esters is 1. The summed E-state index contributed by atoms with van der Waals surface area (Å²) in [6, 6.07) is 7.27. The lowest BCUT2D eigenvalue weighted by molar-refractivity contribution is -0.124. The molecule has 1 aromatic heterocycles. The average Bonchev–Trinajstić information content (AvgIpc) is 3.04. The first-order chi connectivity index (χ1) is 12.7. The highest BCUT2D eigenvalue weighted by molar-refractivity contribution is 7.89. The Balaban J connectivity index is 2.65. The van der Waals surface area contributed by atoms with Gasteiger partial charge in [-0.25, -0.2) is 9.36 Å². The quantitative estimate of drug-likeness (QED) is 0.543. The molecule has 0 N–H and O–H groups in total. The monoisotopic (exact) mass is 411 g/mol. The van der Waals surface area contributed by atoms with Crippen LogP contribution in [0.3, 0.4) is 0 Å². The van der Waals surface area contributed by atoms with E-state index in [2.05, 4.69) is 5.10 Å². The zero-order valence-electron chi connectivity index (χ0n) is 14.8. The van der Waals surface area contributed by atoms with Crippen molar-refractivity contribution in [2.75, 3.05) is 6.61 Å². The summed E-state index contributed by atoms with van der Waals surface area (Å²) in [6.07, 6.45) is 0. The molecule has 0 fully saturated rings. The summed E-state index contributed by atoms with van der Waals surface area (Å²) in [4.78, 5) is 35.6. The summed E-state index contributed by atoms with van der Waals surface area (Å²) < 4.78 is 31.5. The number of hydrogen-bond donors (Lipinski definition) is 0. The van der Waals surface area contributed by atoms with Crippen LogP contribution >= 0.6 is 11.3 Å². The number of carbonyl (C=O) groups excluding carboxylic acids is 3. The normalized spacial score (nSPS) is 11.9. The molecule has 0 bridgehead atoms. The van der Waals surface area contributed by atoms with Gasteiger partial charge in [0.1, 0.15) is 5.69 Å². The fourth-order valence-corrected chi connectivity index (χ4v) is 4.25. The van der Waals surface area contributed by atoms with Crippen LogP contribution in [0.1, 0.15) is 36.1 Å². The van der Waals surface area contributed by atoms with Gasteiger partial charge in [0.15, 0.2) is 0 Å². The number of rotatable bonds is 5. The second-order valence-corrected chi connectivity index (χ2v) is 7.76. The summed E-state index contributed by atoms with van der Waals surface area (Å²) in [5, 5.41) is 5.15. The lowest BCUT2D eigenvalue weighted by Gasteiger charge is -2.15. The maximum absolute atomic E-state index is 12.7. The van der Waals surface area contributed by atoms with Crippen molar-refractivity contribution in [1.29, 1.82) is 0 Å². The van der Waals surface area contributed by atoms with E-state index in [0.717, 1.165) is 22.8 Å².